The molecule has 0 saturated carbocycles. The number of nitrogens with one attached hydrogen (secondary N) is 2. The summed E-state index contributed by atoms with van der Waals surface area (Å²) in [6.45, 7) is 2.44. The molecule has 162 valence electrons. The fraction of sp³-hybridized carbons (Fsp3) is 0.474. The van der Waals surface area contributed by atoms with Crippen molar-refractivity contribution in [1.82, 2.24) is 25.2 Å². The molecule has 0 radical (unpaired) electrons. The molecular formula is C19H27N7O3S. The summed E-state index contributed by atoms with van der Waals surface area (Å²) in [5, 5.41) is 5.95. The van der Waals surface area contributed by atoms with E-state index >= 15 is 0 Å². The molecule has 3 rings (SSSR count). The van der Waals surface area contributed by atoms with Gasteiger partial charge in [-0.05, 0) is 31.5 Å². The fourth-order valence-corrected chi connectivity index (χ4v) is 5.03. The van der Waals surface area contributed by atoms with Crippen LogP contribution in [0.2, 0.25) is 0 Å². The van der Waals surface area contributed by atoms with E-state index in [-0.39, 0.29) is 42.5 Å². The van der Waals surface area contributed by atoms with Gasteiger partial charge in [0.1, 0.15) is 5.82 Å². The van der Waals surface area contributed by atoms with Gasteiger partial charge in [0, 0.05) is 11.7 Å². The Morgan fingerprint density at radius 1 is 1.27 bits per heavy atom. The number of likely N-dealkylation sites (N-methyl/N-ethyl adjacent to an activating group) is 1. The summed E-state index contributed by atoms with van der Waals surface area (Å²) < 4.78 is 23.0. The number of hydrogen-bond donors (Lipinski definition) is 3. The first kappa shape index (κ1) is 21.9. The van der Waals surface area contributed by atoms with Crippen molar-refractivity contribution in [3.8, 4) is 0 Å². The van der Waals surface area contributed by atoms with Gasteiger partial charge in [-0.2, -0.15) is 15.0 Å². The van der Waals surface area contributed by atoms with Crippen molar-refractivity contribution in [2.45, 2.75) is 32.4 Å². The lowest BCUT2D eigenvalue weighted by atomic mass is 10.1. The number of aromatic nitrogens is 3. The number of nitrogen functional groups attached to an aromatic ring is 1. The van der Waals surface area contributed by atoms with Gasteiger partial charge < -0.3 is 16.4 Å². The minimum Gasteiger partial charge on any atom is -0.368 e. The summed E-state index contributed by atoms with van der Waals surface area (Å²) in [4.78, 5) is 26.7. The van der Waals surface area contributed by atoms with Gasteiger partial charge in [0.2, 0.25) is 17.8 Å². The van der Waals surface area contributed by atoms with E-state index in [1.807, 2.05) is 24.3 Å². The van der Waals surface area contributed by atoms with Crippen LogP contribution in [0, 0.1) is 0 Å². The van der Waals surface area contributed by atoms with Crippen LogP contribution in [0.15, 0.2) is 24.3 Å². The van der Waals surface area contributed by atoms with Crippen LogP contribution < -0.4 is 16.4 Å². The van der Waals surface area contributed by atoms with E-state index in [2.05, 4.69) is 32.5 Å². The van der Waals surface area contributed by atoms with Crippen LogP contribution in [0.1, 0.15) is 24.7 Å². The zero-order valence-corrected chi connectivity index (χ0v) is 17.9. The smallest absolute Gasteiger partial charge is 0.234 e. The van der Waals surface area contributed by atoms with Crippen LogP contribution in [-0.4, -0.2) is 65.3 Å². The quantitative estimate of drug-likeness (QED) is 0.542. The molecule has 0 spiro atoms. The molecule has 2 heterocycles. The van der Waals surface area contributed by atoms with Gasteiger partial charge in [0.25, 0.3) is 0 Å². The second-order valence-corrected chi connectivity index (χ2v) is 9.64. The predicted octanol–water partition coefficient (Wildman–Crippen LogP) is 0.495. The molecule has 0 aliphatic carbocycles. The minimum atomic E-state index is -3.03. The van der Waals surface area contributed by atoms with Gasteiger partial charge in [-0.15, -0.1) is 0 Å². The van der Waals surface area contributed by atoms with Crippen molar-refractivity contribution >= 4 is 33.3 Å². The van der Waals surface area contributed by atoms with Crippen molar-refractivity contribution in [1.29, 1.82) is 0 Å². The van der Waals surface area contributed by atoms with Crippen LogP contribution in [0.4, 0.5) is 17.6 Å². The molecule has 1 unspecified atom stereocenters. The Labute approximate surface area is 176 Å². The van der Waals surface area contributed by atoms with E-state index in [0.29, 0.717) is 18.2 Å². The van der Waals surface area contributed by atoms with Crippen LogP contribution in [0.5, 0.6) is 0 Å². The number of amides is 1. The van der Waals surface area contributed by atoms with Crippen LogP contribution in [0.25, 0.3) is 0 Å². The SMILES string of the molecule is CCc1ccccc1Nc1nc(N)nc(CN(C)CC(=O)NC2CCS(=O)(=O)C2)n1. The number of carbonyl (C=O) groups is 1. The zero-order chi connectivity index (χ0) is 21.7. The minimum absolute atomic E-state index is 0.000712. The lowest BCUT2D eigenvalue weighted by molar-refractivity contribution is -0.122. The van der Waals surface area contributed by atoms with Gasteiger partial charge in [0.05, 0.1) is 24.6 Å². The third-order valence-corrected chi connectivity index (χ3v) is 6.53. The van der Waals surface area contributed by atoms with E-state index in [0.717, 1.165) is 17.7 Å². The molecule has 2 aromatic rings. The third-order valence-electron chi connectivity index (χ3n) is 4.77. The zero-order valence-electron chi connectivity index (χ0n) is 17.1. The molecular weight excluding hydrogens is 406 g/mol. The Balaban J connectivity index is 1.60. The number of rotatable bonds is 8. The molecule has 1 amide bonds. The summed E-state index contributed by atoms with van der Waals surface area (Å²) >= 11 is 0. The number of nitrogens with two attached hydrogens (primary N) is 1. The van der Waals surface area contributed by atoms with E-state index < -0.39 is 9.84 Å². The molecule has 1 saturated heterocycles. The topological polar surface area (TPSA) is 143 Å². The first-order valence-corrected chi connectivity index (χ1v) is 11.6. The van der Waals surface area contributed by atoms with Crippen LogP contribution in [0.3, 0.4) is 0 Å². The number of para-hydroxylation sites is 1. The maximum atomic E-state index is 12.2. The second-order valence-electron chi connectivity index (χ2n) is 7.41. The lowest BCUT2D eigenvalue weighted by Gasteiger charge is -2.18. The van der Waals surface area contributed by atoms with E-state index in [4.69, 9.17) is 5.73 Å². The van der Waals surface area contributed by atoms with E-state index in [1.165, 1.54) is 0 Å². The molecule has 1 atom stereocenters. The number of sulfone groups is 1. The Kier molecular flexibility index (Phi) is 6.83. The molecule has 1 fully saturated rings. The molecule has 11 heteroatoms. The number of aryl methyl sites for hydroxylation is 1. The van der Waals surface area contributed by atoms with Gasteiger partial charge in [-0.1, -0.05) is 25.1 Å². The Bertz CT molecular complexity index is 1010. The summed E-state index contributed by atoms with van der Waals surface area (Å²) in [7, 11) is -1.28. The largest absolute Gasteiger partial charge is 0.368 e. The standard InChI is InChI=1S/C19H27N7O3S/c1-3-13-6-4-5-7-15(13)22-19-24-16(23-18(20)25-19)10-26(2)11-17(27)21-14-8-9-30(28,29)12-14/h4-7,14H,3,8-12H2,1-2H3,(H,21,27)(H3,20,22,23,24,25). The molecule has 1 aliphatic heterocycles. The molecule has 1 aromatic heterocycles. The summed E-state index contributed by atoms with van der Waals surface area (Å²) in [5.74, 6) is 0.739. The maximum absolute atomic E-state index is 12.2. The van der Waals surface area contributed by atoms with Crippen LogP contribution >= 0.6 is 0 Å². The number of hydrogen-bond acceptors (Lipinski definition) is 9. The first-order valence-electron chi connectivity index (χ1n) is 9.78. The molecule has 10 nitrogen and oxygen atoms in total. The highest BCUT2D eigenvalue weighted by Crippen LogP contribution is 2.19. The Morgan fingerprint density at radius 3 is 2.73 bits per heavy atom. The van der Waals surface area contributed by atoms with Crippen molar-refractivity contribution < 1.29 is 13.2 Å². The second kappa shape index (κ2) is 9.35. The van der Waals surface area contributed by atoms with Crippen molar-refractivity contribution in [2.24, 2.45) is 0 Å². The average molecular weight is 434 g/mol. The normalized spacial score (nSPS) is 17.8. The molecule has 30 heavy (non-hydrogen) atoms. The number of benzene rings is 1. The lowest BCUT2D eigenvalue weighted by Crippen LogP contribution is -2.41. The van der Waals surface area contributed by atoms with Crippen molar-refractivity contribution in [3.63, 3.8) is 0 Å². The highest BCUT2D eigenvalue weighted by atomic mass is 32.2. The van der Waals surface area contributed by atoms with E-state index in [9.17, 15) is 13.2 Å². The maximum Gasteiger partial charge on any atom is 0.234 e. The van der Waals surface area contributed by atoms with Crippen molar-refractivity contribution in [2.75, 3.05) is 36.1 Å². The molecule has 4 N–H and O–H groups in total. The van der Waals surface area contributed by atoms with Crippen molar-refractivity contribution in [3.05, 3.63) is 35.7 Å². The molecule has 1 aliphatic rings. The van der Waals surface area contributed by atoms with Gasteiger partial charge in [-0.25, -0.2) is 8.42 Å². The molecule has 1 aromatic carbocycles. The average Bonchev–Trinajstić information content (AvgIpc) is 2.99. The highest BCUT2D eigenvalue weighted by molar-refractivity contribution is 7.91. The molecule has 0 bridgehead atoms. The monoisotopic (exact) mass is 433 g/mol. The Hall–Kier alpha value is -2.79. The number of carbonyl (C=O) groups excluding carboxylic acids is 1. The van der Waals surface area contributed by atoms with Gasteiger partial charge >= 0.3 is 0 Å². The fourth-order valence-electron chi connectivity index (χ4n) is 3.36. The number of nitrogens with zero attached hydrogens (tertiary/aromatic N) is 4. The summed E-state index contributed by atoms with van der Waals surface area (Å²) in [6, 6.07) is 7.54. The summed E-state index contributed by atoms with van der Waals surface area (Å²) in [6.07, 6.45) is 1.31. The van der Waals surface area contributed by atoms with Gasteiger partial charge in [0.15, 0.2) is 9.84 Å². The first-order chi connectivity index (χ1) is 14.2. The number of anilines is 3. The Morgan fingerprint density at radius 2 is 2.03 bits per heavy atom. The highest BCUT2D eigenvalue weighted by Gasteiger charge is 2.29. The predicted molar refractivity (Wildman–Crippen MR) is 115 cm³/mol. The van der Waals surface area contributed by atoms with E-state index in [1.54, 1.807) is 11.9 Å². The van der Waals surface area contributed by atoms with Crippen LogP contribution in [-0.2, 0) is 27.6 Å². The third kappa shape index (κ3) is 6.10. The van der Waals surface area contributed by atoms with Gasteiger partial charge in [-0.3, -0.25) is 9.69 Å². The summed E-state index contributed by atoms with van der Waals surface area (Å²) in [5.41, 5.74) is 7.86.